The van der Waals surface area contributed by atoms with Gasteiger partial charge in [0.15, 0.2) is 0 Å². The van der Waals surface area contributed by atoms with E-state index in [1.54, 1.807) is 7.11 Å². The van der Waals surface area contributed by atoms with Crippen LogP contribution in [0, 0.1) is 5.92 Å². The number of ether oxygens (including phenoxy) is 1. The van der Waals surface area contributed by atoms with Crippen molar-refractivity contribution >= 4 is 11.8 Å². The van der Waals surface area contributed by atoms with Crippen molar-refractivity contribution < 1.29 is 4.74 Å². The summed E-state index contributed by atoms with van der Waals surface area (Å²) in [6, 6.07) is 8.32. The number of aryl methyl sites for hydroxylation is 1. The number of unbranched alkanes of at least 4 members (excludes halogenated alkanes) is 6. The average molecular weight is 408 g/mol. The van der Waals surface area contributed by atoms with E-state index < -0.39 is 0 Å². The average Bonchev–Trinajstić information content (AvgIpc) is 3.47. The van der Waals surface area contributed by atoms with Crippen LogP contribution in [0.3, 0.4) is 0 Å². The first-order valence-electron chi connectivity index (χ1n) is 11.5. The Hall–Kier alpha value is -2.49. The summed E-state index contributed by atoms with van der Waals surface area (Å²) in [6.07, 6.45) is 17.9. The summed E-state index contributed by atoms with van der Waals surface area (Å²) in [7, 11) is 1.69. The summed E-state index contributed by atoms with van der Waals surface area (Å²) in [4.78, 5) is 11.4. The van der Waals surface area contributed by atoms with E-state index in [2.05, 4.69) is 42.0 Å². The Morgan fingerprint density at radius 2 is 1.77 bits per heavy atom. The number of aromatic nitrogens is 2. The van der Waals surface area contributed by atoms with E-state index in [9.17, 15) is 0 Å². The predicted molar refractivity (Wildman–Crippen MR) is 127 cm³/mol. The van der Waals surface area contributed by atoms with E-state index in [1.165, 1.54) is 57.1 Å². The van der Waals surface area contributed by atoms with Crippen LogP contribution in [0.25, 0.3) is 6.08 Å². The molecule has 2 N–H and O–H groups in total. The molecule has 1 aliphatic rings. The molecule has 0 amide bonds. The molecule has 3 heterocycles. The lowest BCUT2D eigenvalue weighted by Crippen LogP contribution is -1.93. The van der Waals surface area contributed by atoms with Crippen molar-refractivity contribution in [3.8, 4) is 0 Å². The molecule has 162 valence electrons. The van der Waals surface area contributed by atoms with Crippen LogP contribution < -0.4 is 0 Å². The highest BCUT2D eigenvalue weighted by Gasteiger charge is 2.17. The lowest BCUT2D eigenvalue weighted by atomic mass is 10.0. The molecule has 0 spiro atoms. The minimum Gasteiger partial charge on any atom is -0.494 e. The number of hydrogen-bond donors (Lipinski definition) is 2. The van der Waals surface area contributed by atoms with E-state index in [-0.39, 0.29) is 0 Å². The molecule has 0 unspecified atom stereocenters. The van der Waals surface area contributed by atoms with Gasteiger partial charge in [-0.1, -0.05) is 58.8 Å². The first-order chi connectivity index (χ1) is 14.7. The fourth-order valence-electron chi connectivity index (χ4n) is 3.90. The molecule has 1 aliphatic heterocycles. The van der Waals surface area contributed by atoms with Crippen LogP contribution in [0.2, 0.25) is 0 Å². The van der Waals surface area contributed by atoms with Gasteiger partial charge in [-0.25, -0.2) is 4.99 Å². The van der Waals surface area contributed by atoms with Crippen molar-refractivity contribution in [2.45, 2.75) is 71.6 Å². The molecular formula is C26H37N3O. The lowest BCUT2D eigenvalue weighted by Gasteiger charge is -2.04. The second-order valence-corrected chi connectivity index (χ2v) is 8.67. The van der Waals surface area contributed by atoms with Gasteiger partial charge in [-0.3, -0.25) is 0 Å². The Labute approximate surface area is 181 Å². The first-order valence-corrected chi connectivity index (χ1v) is 11.5. The van der Waals surface area contributed by atoms with E-state index in [0.717, 1.165) is 40.9 Å². The Morgan fingerprint density at radius 1 is 1.00 bits per heavy atom. The summed E-state index contributed by atoms with van der Waals surface area (Å²) >= 11 is 0. The third-order valence-electron chi connectivity index (χ3n) is 5.64. The maximum Gasteiger partial charge on any atom is 0.146 e. The van der Waals surface area contributed by atoms with Crippen LogP contribution in [0.4, 0.5) is 0 Å². The minimum atomic E-state index is 0.796. The molecule has 0 fully saturated rings. The van der Waals surface area contributed by atoms with E-state index in [4.69, 9.17) is 9.73 Å². The fourth-order valence-corrected chi connectivity index (χ4v) is 3.90. The largest absolute Gasteiger partial charge is 0.494 e. The van der Waals surface area contributed by atoms with E-state index >= 15 is 0 Å². The van der Waals surface area contributed by atoms with E-state index in [0.29, 0.717) is 0 Å². The first kappa shape index (κ1) is 22.2. The number of nitrogens with zero attached hydrogens (tertiary/aromatic N) is 1. The number of aromatic amines is 2. The smallest absolute Gasteiger partial charge is 0.146 e. The monoisotopic (exact) mass is 407 g/mol. The predicted octanol–water partition coefficient (Wildman–Crippen LogP) is 7.04. The summed E-state index contributed by atoms with van der Waals surface area (Å²) < 4.78 is 5.52. The number of hydrogen-bond acceptors (Lipinski definition) is 2. The molecule has 4 heteroatoms. The standard InChI is InChI=1S/C26H37N3O/c1-20(2)12-9-7-5-4-6-8-10-13-21-15-16-22(28-21)18-25-26(30-3)19-24(29-25)23-14-11-17-27-23/h11,14-20,27-28H,4-10,12-13H2,1-3H3. The van der Waals surface area contributed by atoms with Crippen molar-refractivity contribution in [1.29, 1.82) is 0 Å². The molecular weight excluding hydrogens is 370 g/mol. The van der Waals surface area contributed by atoms with Gasteiger partial charge >= 0.3 is 0 Å². The quantitative estimate of drug-likeness (QED) is 0.344. The Kier molecular flexibility index (Phi) is 8.61. The molecule has 0 saturated carbocycles. The SMILES string of the molecule is COC1=CC(c2ccc[nH]2)=NC1=Cc1ccc(CCCCCCCCCC(C)C)[nH]1. The van der Waals surface area contributed by atoms with Crippen molar-refractivity contribution in [3.63, 3.8) is 0 Å². The highest BCUT2D eigenvalue weighted by Crippen LogP contribution is 2.24. The zero-order valence-electron chi connectivity index (χ0n) is 18.8. The zero-order chi connectivity index (χ0) is 21.2. The van der Waals surface area contributed by atoms with Gasteiger partial charge in [0.25, 0.3) is 0 Å². The van der Waals surface area contributed by atoms with Crippen LogP contribution in [-0.4, -0.2) is 22.8 Å². The second-order valence-electron chi connectivity index (χ2n) is 8.67. The lowest BCUT2D eigenvalue weighted by molar-refractivity contribution is 0.303. The maximum absolute atomic E-state index is 5.52. The molecule has 2 aromatic rings. The number of allylic oxidation sites excluding steroid dienone is 1. The summed E-state index contributed by atoms with van der Waals surface area (Å²) in [5.41, 5.74) is 5.13. The van der Waals surface area contributed by atoms with Crippen LogP contribution in [0.1, 0.15) is 82.3 Å². The minimum absolute atomic E-state index is 0.796. The molecule has 0 radical (unpaired) electrons. The number of H-pyrrole nitrogens is 2. The number of aliphatic imine (C=N–C) groups is 1. The highest BCUT2D eigenvalue weighted by atomic mass is 16.5. The van der Waals surface area contributed by atoms with Crippen LogP contribution >= 0.6 is 0 Å². The van der Waals surface area contributed by atoms with Crippen molar-refractivity contribution in [3.05, 3.63) is 65.1 Å². The van der Waals surface area contributed by atoms with Crippen LogP contribution in [-0.2, 0) is 11.2 Å². The molecule has 0 saturated heterocycles. The van der Waals surface area contributed by atoms with Gasteiger partial charge in [-0.05, 0) is 49.1 Å². The Balaban J connectivity index is 1.41. The second kappa shape index (κ2) is 11.6. The molecule has 30 heavy (non-hydrogen) atoms. The van der Waals surface area contributed by atoms with Gasteiger partial charge in [0.1, 0.15) is 11.5 Å². The molecule has 4 nitrogen and oxygen atoms in total. The highest BCUT2D eigenvalue weighted by molar-refractivity contribution is 6.11. The summed E-state index contributed by atoms with van der Waals surface area (Å²) in [6.45, 7) is 4.63. The number of nitrogens with one attached hydrogen (secondary N) is 2. The number of rotatable bonds is 13. The fraction of sp³-hybridized carbons (Fsp3) is 0.500. The molecule has 0 aliphatic carbocycles. The maximum atomic E-state index is 5.52. The van der Waals surface area contributed by atoms with Crippen molar-refractivity contribution in [1.82, 2.24) is 9.97 Å². The Morgan fingerprint density at radius 3 is 2.47 bits per heavy atom. The third kappa shape index (κ3) is 6.79. The Bertz CT molecular complexity index is 853. The van der Waals surface area contributed by atoms with Gasteiger partial charge < -0.3 is 14.7 Å². The summed E-state index contributed by atoms with van der Waals surface area (Å²) in [5, 5.41) is 0. The zero-order valence-corrected chi connectivity index (χ0v) is 18.8. The topological polar surface area (TPSA) is 53.2 Å². The van der Waals surface area contributed by atoms with Gasteiger partial charge in [0, 0.05) is 23.7 Å². The van der Waals surface area contributed by atoms with Gasteiger partial charge in [0.2, 0.25) is 0 Å². The van der Waals surface area contributed by atoms with Crippen molar-refractivity contribution in [2.24, 2.45) is 10.9 Å². The number of methoxy groups -OCH3 is 1. The summed E-state index contributed by atoms with van der Waals surface area (Å²) in [5.74, 6) is 1.65. The van der Waals surface area contributed by atoms with Gasteiger partial charge in [-0.15, -0.1) is 0 Å². The van der Waals surface area contributed by atoms with Gasteiger partial charge in [0.05, 0.1) is 18.5 Å². The van der Waals surface area contributed by atoms with Crippen LogP contribution in [0.15, 0.2) is 53.0 Å². The molecule has 0 atom stereocenters. The van der Waals surface area contributed by atoms with Crippen molar-refractivity contribution in [2.75, 3.05) is 7.11 Å². The van der Waals surface area contributed by atoms with E-state index in [1.807, 2.05) is 24.4 Å². The van der Waals surface area contributed by atoms with Gasteiger partial charge in [-0.2, -0.15) is 0 Å². The third-order valence-corrected chi connectivity index (χ3v) is 5.64. The molecule has 0 bridgehead atoms. The molecule has 3 rings (SSSR count). The molecule has 2 aromatic heterocycles. The molecule has 0 aromatic carbocycles. The normalized spacial score (nSPS) is 15.1. The van der Waals surface area contributed by atoms with Crippen LogP contribution in [0.5, 0.6) is 0 Å².